The number of fused-ring (bicyclic) bond motifs is 1. The lowest BCUT2D eigenvalue weighted by molar-refractivity contribution is -0.123. The van der Waals surface area contributed by atoms with E-state index in [-0.39, 0.29) is 36.7 Å². The fourth-order valence-corrected chi connectivity index (χ4v) is 5.06. The Morgan fingerprint density at radius 3 is 2.54 bits per heavy atom. The van der Waals surface area contributed by atoms with E-state index in [1.807, 2.05) is 65.4 Å². The quantitative estimate of drug-likeness (QED) is 0.265. The molecule has 0 bridgehead atoms. The summed E-state index contributed by atoms with van der Waals surface area (Å²) in [5, 5.41) is 0.905. The number of para-hydroxylation sites is 2. The number of amides is 2. The standard InChI is InChI=1S/C27H20ClFN2O3S/c28-22-10-6-11-23(29)21(22)17-30-16-18(20-9-4-5-12-24(20)30)15-25-26(32)31(27(33)35-25)13-14-34-19-7-2-1-3-8-19/h1-12,15-16H,13-14,17H2/b25-15-. The van der Waals surface area contributed by atoms with Gasteiger partial charge in [0, 0.05) is 33.2 Å². The summed E-state index contributed by atoms with van der Waals surface area (Å²) >= 11 is 7.14. The van der Waals surface area contributed by atoms with Crippen molar-refractivity contribution in [2.75, 3.05) is 13.2 Å². The Balaban J connectivity index is 1.39. The van der Waals surface area contributed by atoms with E-state index in [9.17, 15) is 14.0 Å². The van der Waals surface area contributed by atoms with Crippen LogP contribution in [0.1, 0.15) is 11.1 Å². The van der Waals surface area contributed by atoms with Gasteiger partial charge in [-0.3, -0.25) is 14.5 Å². The molecule has 4 aromatic rings. The molecule has 0 spiro atoms. The second-order valence-corrected chi connectivity index (χ2v) is 9.32. The van der Waals surface area contributed by atoms with Gasteiger partial charge in [-0.05, 0) is 48.2 Å². The molecular formula is C27H20ClFN2O3S. The molecule has 0 radical (unpaired) electrons. The first-order valence-electron chi connectivity index (χ1n) is 11.0. The fraction of sp³-hybridized carbons (Fsp3) is 0.111. The number of halogens is 2. The molecule has 0 atom stereocenters. The van der Waals surface area contributed by atoms with Crippen LogP contribution >= 0.6 is 23.4 Å². The molecule has 8 heteroatoms. The molecule has 0 N–H and O–H groups in total. The van der Waals surface area contributed by atoms with E-state index in [4.69, 9.17) is 16.3 Å². The van der Waals surface area contributed by atoms with Gasteiger partial charge in [0.05, 0.1) is 18.0 Å². The van der Waals surface area contributed by atoms with E-state index >= 15 is 0 Å². The van der Waals surface area contributed by atoms with Gasteiger partial charge in [0.1, 0.15) is 18.2 Å². The van der Waals surface area contributed by atoms with Gasteiger partial charge in [-0.15, -0.1) is 0 Å². The van der Waals surface area contributed by atoms with Crippen LogP contribution in [-0.4, -0.2) is 33.8 Å². The van der Waals surface area contributed by atoms with Crippen molar-refractivity contribution < 1.29 is 18.7 Å². The average molecular weight is 507 g/mol. The first-order valence-corrected chi connectivity index (χ1v) is 12.1. The molecule has 2 amide bonds. The maximum Gasteiger partial charge on any atom is 0.293 e. The Hall–Kier alpha value is -3.55. The third-order valence-corrected chi connectivity index (χ3v) is 6.96. The molecule has 1 saturated heterocycles. The third kappa shape index (κ3) is 4.83. The highest BCUT2D eigenvalue weighted by atomic mass is 35.5. The van der Waals surface area contributed by atoms with Gasteiger partial charge in [-0.1, -0.05) is 54.1 Å². The third-order valence-electron chi connectivity index (χ3n) is 5.70. The summed E-state index contributed by atoms with van der Waals surface area (Å²) in [5.41, 5.74) is 2.02. The predicted octanol–water partition coefficient (Wildman–Crippen LogP) is 6.60. The summed E-state index contributed by atoms with van der Waals surface area (Å²) in [4.78, 5) is 27.0. The van der Waals surface area contributed by atoms with Gasteiger partial charge in [0.25, 0.3) is 11.1 Å². The highest BCUT2D eigenvalue weighted by molar-refractivity contribution is 8.18. The summed E-state index contributed by atoms with van der Waals surface area (Å²) in [5.74, 6) is -0.0564. The molecule has 3 aromatic carbocycles. The summed E-state index contributed by atoms with van der Waals surface area (Å²) in [7, 11) is 0. The highest BCUT2D eigenvalue weighted by Crippen LogP contribution is 2.34. The van der Waals surface area contributed by atoms with Crippen molar-refractivity contribution in [3.8, 4) is 5.75 Å². The van der Waals surface area contributed by atoms with Crippen molar-refractivity contribution in [1.29, 1.82) is 0 Å². The molecule has 0 aliphatic carbocycles. The van der Waals surface area contributed by atoms with Crippen molar-refractivity contribution in [3.63, 3.8) is 0 Å². The van der Waals surface area contributed by atoms with Gasteiger partial charge >= 0.3 is 0 Å². The predicted molar refractivity (Wildman–Crippen MR) is 137 cm³/mol. The minimum absolute atomic E-state index is 0.157. The molecule has 0 saturated carbocycles. The molecule has 1 aliphatic rings. The van der Waals surface area contributed by atoms with Crippen LogP contribution in [0.2, 0.25) is 5.02 Å². The van der Waals surface area contributed by atoms with E-state index in [0.717, 1.165) is 28.2 Å². The molecule has 1 aromatic heterocycles. The van der Waals surface area contributed by atoms with E-state index in [1.165, 1.54) is 11.0 Å². The molecule has 5 rings (SSSR count). The zero-order valence-corrected chi connectivity index (χ0v) is 20.1. The van der Waals surface area contributed by atoms with E-state index < -0.39 is 0 Å². The van der Waals surface area contributed by atoms with E-state index in [2.05, 4.69) is 0 Å². The number of rotatable bonds is 7. The number of imide groups is 1. The highest BCUT2D eigenvalue weighted by Gasteiger charge is 2.35. The SMILES string of the molecule is O=C1S/C(=C\c2cn(Cc3c(F)cccc3Cl)c3ccccc23)C(=O)N1CCOc1ccccc1. The van der Waals surface area contributed by atoms with Crippen molar-refractivity contribution >= 4 is 51.5 Å². The van der Waals surface area contributed by atoms with Crippen LogP contribution in [0, 0.1) is 5.82 Å². The molecule has 35 heavy (non-hydrogen) atoms. The lowest BCUT2D eigenvalue weighted by Crippen LogP contribution is -2.32. The van der Waals surface area contributed by atoms with E-state index in [0.29, 0.717) is 21.2 Å². The number of aromatic nitrogens is 1. The number of benzene rings is 3. The molecule has 1 aliphatic heterocycles. The number of carbonyl (C=O) groups excluding carboxylic acids is 2. The summed E-state index contributed by atoms with van der Waals surface area (Å²) in [6, 6.07) is 21.5. The van der Waals surface area contributed by atoms with Crippen LogP contribution in [0.25, 0.3) is 17.0 Å². The van der Waals surface area contributed by atoms with Crippen molar-refractivity contribution in [3.05, 3.63) is 106 Å². The minimum Gasteiger partial charge on any atom is -0.492 e. The Kier molecular flexibility index (Phi) is 6.61. The Morgan fingerprint density at radius 1 is 0.971 bits per heavy atom. The first-order chi connectivity index (χ1) is 17.0. The van der Waals surface area contributed by atoms with Crippen LogP contribution in [0.15, 0.2) is 83.9 Å². The fourth-order valence-electron chi connectivity index (χ4n) is 3.98. The van der Waals surface area contributed by atoms with Crippen LogP contribution in [0.3, 0.4) is 0 Å². The number of hydrogen-bond donors (Lipinski definition) is 0. The lowest BCUT2D eigenvalue weighted by Gasteiger charge is -2.13. The number of thioether (sulfide) groups is 1. The maximum absolute atomic E-state index is 14.4. The van der Waals surface area contributed by atoms with Crippen molar-refractivity contribution in [2.24, 2.45) is 0 Å². The minimum atomic E-state index is -0.379. The normalized spacial score (nSPS) is 14.9. The van der Waals surface area contributed by atoms with Crippen LogP contribution in [0.4, 0.5) is 9.18 Å². The first kappa shape index (κ1) is 23.2. The molecule has 5 nitrogen and oxygen atoms in total. The van der Waals surface area contributed by atoms with Crippen LogP contribution in [0.5, 0.6) is 5.75 Å². The second-order valence-electron chi connectivity index (χ2n) is 7.92. The second kappa shape index (κ2) is 9.98. The summed E-state index contributed by atoms with van der Waals surface area (Å²) in [6.07, 6.45) is 3.56. The van der Waals surface area contributed by atoms with Gasteiger partial charge in [-0.2, -0.15) is 0 Å². The summed E-state index contributed by atoms with van der Waals surface area (Å²) < 4.78 is 21.9. The monoisotopic (exact) mass is 506 g/mol. The largest absolute Gasteiger partial charge is 0.492 e. The molecule has 176 valence electrons. The molecule has 1 fully saturated rings. The van der Waals surface area contributed by atoms with Gasteiger partial charge in [0.2, 0.25) is 0 Å². The number of hydrogen-bond acceptors (Lipinski definition) is 4. The van der Waals surface area contributed by atoms with Gasteiger partial charge in [0.15, 0.2) is 0 Å². The zero-order valence-electron chi connectivity index (χ0n) is 18.5. The topological polar surface area (TPSA) is 51.5 Å². The van der Waals surface area contributed by atoms with Gasteiger partial charge in [-0.25, -0.2) is 4.39 Å². The zero-order chi connectivity index (χ0) is 24.4. The number of nitrogens with zero attached hydrogens (tertiary/aromatic N) is 2. The molecular weight excluding hydrogens is 487 g/mol. The molecule has 0 unspecified atom stereocenters. The van der Waals surface area contributed by atoms with Crippen molar-refractivity contribution in [1.82, 2.24) is 9.47 Å². The summed E-state index contributed by atoms with van der Waals surface area (Å²) in [6.45, 7) is 0.598. The number of carbonyl (C=O) groups is 2. The molecule has 2 heterocycles. The Morgan fingerprint density at radius 2 is 1.74 bits per heavy atom. The van der Waals surface area contributed by atoms with Crippen molar-refractivity contribution in [2.45, 2.75) is 6.54 Å². The van der Waals surface area contributed by atoms with E-state index in [1.54, 1.807) is 18.2 Å². The smallest absolute Gasteiger partial charge is 0.293 e. The Bertz CT molecular complexity index is 1430. The lowest BCUT2D eigenvalue weighted by atomic mass is 10.1. The van der Waals surface area contributed by atoms with Crippen LogP contribution < -0.4 is 4.74 Å². The van der Waals surface area contributed by atoms with Gasteiger partial charge < -0.3 is 9.30 Å². The van der Waals surface area contributed by atoms with Crippen LogP contribution in [-0.2, 0) is 11.3 Å². The average Bonchev–Trinajstić information content (AvgIpc) is 3.34. The maximum atomic E-state index is 14.4. The number of ether oxygens (including phenoxy) is 1. The Labute approximate surface area is 210 Å².